The van der Waals surface area contributed by atoms with Gasteiger partial charge in [-0.25, -0.2) is 0 Å². The third-order valence-electron chi connectivity index (χ3n) is 2.91. The van der Waals surface area contributed by atoms with Gasteiger partial charge in [-0.15, -0.1) is 0 Å². The van der Waals surface area contributed by atoms with Crippen LogP contribution in [0.15, 0.2) is 12.2 Å². The van der Waals surface area contributed by atoms with E-state index in [0.717, 1.165) is 17.8 Å². The van der Waals surface area contributed by atoms with Crippen molar-refractivity contribution in [3.63, 3.8) is 0 Å². The minimum Gasteiger partial charge on any atom is -0.0851 e. The van der Waals surface area contributed by atoms with Crippen molar-refractivity contribution in [2.24, 2.45) is 17.8 Å². The average molecular weight is 122 g/mol. The minimum atomic E-state index is 0.940. The van der Waals surface area contributed by atoms with E-state index in [1.807, 2.05) is 0 Å². The summed E-state index contributed by atoms with van der Waals surface area (Å²) in [7, 11) is 0. The van der Waals surface area contributed by atoms with Gasteiger partial charge >= 0.3 is 0 Å². The third kappa shape index (κ3) is 0.810. The molecule has 3 aliphatic carbocycles. The van der Waals surface area contributed by atoms with E-state index in [-0.39, 0.29) is 0 Å². The van der Waals surface area contributed by atoms with E-state index in [1.165, 1.54) is 19.3 Å². The molecule has 0 saturated heterocycles. The molecule has 3 aliphatic rings. The lowest BCUT2D eigenvalue weighted by molar-refractivity contribution is 0.238. The van der Waals surface area contributed by atoms with Crippen LogP contribution in [0.2, 0.25) is 0 Å². The summed E-state index contributed by atoms with van der Waals surface area (Å²) in [6.07, 6.45) is 9.24. The van der Waals surface area contributed by atoms with Crippen LogP contribution in [0.1, 0.15) is 26.2 Å². The maximum atomic E-state index is 2.43. The Hall–Kier alpha value is -0.260. The van der Waals surface area contributed by atoms with Crippen molar-refractivity contribution in [3.8, 4) is 0 Å². The lowest BCUT2D eigenvalue weighted by Crippen LogP contribution is -2.24. The predicted molar refractivity (Wildman–Crippen MR) is 39.1 cm³/mol. The summed E-state index contributed by atoms with van der Waals surface area (Å²) >= 11 is 0. The Bertz CT molecular complexity index is 135. The number of allylic oxidation sites excluding steroid dienone is 2. The van der Waals surface area contributed by atoms with E-state index in [2.05, 4.69) is 19.1 Å². The molecule has 1 saturated carbocycles. The summed E-state index contributed by atoms with van der Waals surface area (Å²) in [6, 6.07) is 0. The van der Waals surface area contributed by atoms with Crippen molar-refractivity contribution in [3.05, 3.63) is 12.2 Å². The van der Waals surface area contributed by atoms with Gasteiger partial charge < -0.3 is 0 Å². The zero-order valence-electron chi connectivity index (χ0n) is 6.01. The fraction of sp³-hybridized carbons (Fsp3) is 0.778. The fourth-order valence-corrected chi connectivity index (χ4v) is 2.22. The van der Waals surface area contributed by atoms with Crippen LogP contribution >= 0.6 is 0 Å². The Morgan fingerprint density at radius 3 is 2.33 bits per heavy atom. The maximum Gasteiger partial charge on any atom is -0.0207 e. The fourth-order valence-electron chi connectivity index (χ4n) is 2.22. The SMILES string of the molecule is C[C@H]1C[C@@H]2C=C[C@@H]1CC2. The molecule has 0 radical (unpaired) electrons. The maximum absolute atomic E-state index is 2.43. The highest BCUT2D eigenvalue weighted by molar-refractivity contribution is 5.04. The van der Waals surface area contributed by atoms with Gasteiger partial charge in [0.15, 0.2) is 0 Å². The second-order valence-corrected chi connectivity index (χ2v) is 3.60. The standard InChI is InChI=1S/C9H14/c1-7-6-8-2-4-9(7)5-3-8/h2,4,7-9H,3,5-6H2,1H3/t7-,8+,9+/m0/s1. The molecule has 0 aromatic heterocycles. The Kier molecular flexibility index (Phi) is 1.14. The van der Waals surface area contributed by atoms with Crippen LogP contribution in [0.4, 0.5) is 0 Å². The van der Waals surface area contributed by atoms with E-state index in [1.54, 1.807) is 0 Å². The molecule has 0 aliphatic heterocycles. The molecule has 0 heteroatoms. The lowest BCUT2D eigenvalue weighted by atomic mass is 9.70. The first-order valence-electron chi connectivity index (χ1n) is 4.04. The summed E-state index contributed by atoms with van der Waals surface area (Å²) in [5.41, 5.74) is 0. The van der Waals surface area contributed by atoms with E-state index in [0.29, 0.717) is 0 Å². The van der Waals surface area contributed by atoms with Gasteiger partial charge in [-0.1, -0.05) is 19.1 Å². The molecule has 0 heterocycles. The molecule has 2 bridgehead atoms. The predicted octanol–water partition coefficient (Wildman–Crippen LogP) is 2.61. The first kappa shape index (κ1) is 5.52. The summed E-state index contributed by atoms with van der Waals surface area (Å²) < 4.78 is 0. The Labute approximate surface area is 57.0 Å². The summed E-state index contributed by atoms with van der Waals surface area (Å²) in [4.78, 5) is 0. The molecule has 3 rings (SSSR count). The molecule has 0 nitrogen and oxygen atoms in total. The highest BCUT2D eigenvalue weighted by atomic mass is 14.3. The van der Waals surface area contributed by atoms with Crippen LogP contribution in [-0.4, -0.2) is 0 Å². The van der Waals surface area contributed by atoms with Crippen LogP contribution in [0.25, 0.3) is 0 Å². The molecule has 3 atom stereocenters. The highest BCUT2D eigenvalue weighted by Crippen LogP contribution is 2.39. The van der Waals surface area contributed by atoms with Crippen LogP contribution in [0.5, 0.6) is 0 Å². The van der Waals surface area contributed by atoms with E-state index in [4.69, 9.17) is 0 Å². The van der Waals surface area contributed by atoms with Crippen LogP contribution < -0.4 is 0 Å². The molecule has 9 heavy (non-hydrogen) atoms. The zero-order valence-corrected chi connectivity index (χ0v) is 6.01. The quantitative estimate of drug-likeness (QED) is 0.433. The van der Waals surface area contributed by atoms with Gasteiger partial charge in [-0.2, -0.15) is 0 Å². The van der Waals surface area contributed by atoms with Gasteiger partial charge in [0.05, 0.1) is 0 Å². The molecular weight excluding hydrogens is 108 g/mol. The van der Waals surface area contributed by atoms with Crippen molar-refractivity contribution in [2.75, 3.05) is 0 Å². The Morgan fingerprint density at radius 2 is 2.11 bits per heavy atom. The van der Waals surface area contributed by atoms with Gasteiger partial charge in [0.2, 0.25) is 0 Å². The third-order valence-corrected chi connectivity index (χ3v) is 2.91. The smallest absolute Gasteiger partial charge is 0.0207 e. The molecular formula is C9H14. The van der Waals surface area contributed by atoms with Crippen molar-refractivity contribution in [2.45, 2.75) is 26.2 Å². The number of hydrogen-bond acceptors (Lipinski definition) is 0. The Balaban J connectivity index is 2.20. The van der Waals surface area contributed by atoms with Crippen molar-refractivity contribution >= 4 is 0 Å². The molecule has 1 fully saturated rings. The second-order valence-electron chi connectivity index (χ2n) is 3.60. The largest absolute Gasteiger partial charge is 0.0851 e. The van der Waals surface area contributed by atoms with Crippen molar-refractivity contribution < 1.29 is 0 Å². The molecule has 0 N–H and O–H groups in total. The molecule has 0 spiro atoms. The molecule has 0 unspecified atom stereocenters. The Morgan fingerprint density at radius 1 is 1.22 bits per heavy atom. The van der Waals surface area contributed by atoms with Crippen molar-refractivity contribution in [1.82, 2.24) is 0 Å². The first-order chi connectivity index (χ1) is 4.36. The van der Waals surface area contributed by atoms with Crippen molar-refractivity contribution in [1.29, 1.82) is 0 Å². The van der Waals surface area contributed by atoms with Gasteiger partial charge in [-0.05, 0) is 37.0 Å². The second kappa shape index (κ2) is 1.86. The minimum absolute atomic E-state index is 0.940. The number of fused-ring (bicyclic) bond motifs is 2. The monoisotopic (exact) mass is 122 g/mol. The molecule has 0 aromatic carbocycles. The van der Waals surface area contributed by atoms with Gasteiger partial charge in [-0.3, -0.25) is 0 Å². The number of hydrogen-bond donors (Lipinski definition) is 0. The lowest BCUT2D eigenvalue weighted by Gasteiger charge is -2.35. The molecule has 50 valence electrons. The highest BCUT2D eigenvalue weighted by Gasteiger charge is 2.28. The van der Waals surface area contributed by atoms with Gasteiger partial charge in [0.1, 0.15) is 0 Å². The number of rotatable bonds is 0. The summed E-state index contributed by atoms with van der Waals surface area (Å²) in [5, 5.41) is 0. The van der Waals surface area contributed by atoms with Crippen LogP contribution in [0.3, 0.4) is 0 Å². The first-order valence-corrected chi connectivity index (χ1v) is 4.04. The van der Waals surface area contributed by atoms with E-state index < -0.39 is 0 Å². The summed E-state index contributed by atoms with van der Waals surface area (Å²) in [5.74, 6) is 2.87. The van der Waals surface area contributed by atoms with E-state index >= 15 is 0 Å². The molecule has 0 aromatic rings. The van der Waals surface area contributed by atoms with Crippen LogP contribution in [-0.2, 0) is 0 Å². The van der Waals surface area contributed by atoms with E-state index in [9.17, 15) is 0 Å². The average Bonchev–Trinajstić information content (AvgIpc) is 1.90. The topological polar surface area (TPSA) is 0 Å². The van der Waals surface area contributed by atoms with Gasteiger partial charge in [0, 0.05) is 0 Å². The van der Waals surface area contributed by atoms with Gasteiger partial charge in [0.25, 0.3) is 0 Å². The molecule has 0 amide bonds. The van der Waals surface area contributed by atoms with Crippen LogP contribution in [0, 0.1) is 17.8 Å². The summed E-state index contributed by atoms with van der Waals surface area (Å²) in [6.45, 7) is 2.39. The normalized spacial score (nSPS) is 47.9. The zero-order chi connectivity index (χ0) is 6.27.